The number of carboxylic acids is 1. The molecule has 21 heavy (non-hydrogen) atoms. The third kappa shape index (κ3) is 5.87. The molecule has 116 valence electrons. The van der Waals surface area contributed by atoms with Crippen LogP contribution < -0.4 is 9.47 Å². The fourth-order valence-corrected chi connectivity index (χ4v) is 1.59. The van der Waals surface area contributed by atoms with Gasteiger partial charge in [0.1, 0.15) is 11.5 Å². The lowest BCUT2D eigenvalue weighted by Crippen LogP contribution is -2.25. The Morgan fingerprint density at radius 3 is 2.62 bits per heavy atom. The quantitative estimate of drug-likeness (QED) is 0.747. The first-order valence-corrected chi connectivity index (χ1v) is 6.65. The van der Waals surface area contributed by atoms with Crippen molar-refractivity contribution in [2.75, 3.05) is 20.8 Å². The van der Waals surface area contributed by atoms with E-state index in [4.69, 9.17) is 19.3 Å². The van der Waals surface area contributed by atoms with Crippen LogP contribution in [0.2, 0.25) is 0 Å². The number of aliphatic carboxylic acids is 1. The van der Waals surface area contributed by atoms with Crippen molar-refractivity contribution in [2.24, 2.45) is 0 Å². The van der Waals surface area contributed by atoms with Crippen LogP contribution >= 0.6 is 0 Å². The van der Waals surface area contributed by atoms with Crippen LogP contribution in [0.15, 0.2) is 24.3 Å². The smallest absolute Gasteiger partial charge is 0.328 e. The number of carboxylic acid groups (broad SMARTS) is 1. The largest absolute Gasteiger partial charge is 0.497 e. The topological polar surface area (TPSA) is 65.0 Å². The third-order valence-electron chi connectivity index (χ3n) is 3.14. The number of hydrogen-bond donors (Lipinski definition) is 1. The highest BCUT2D eigenvalue weighted by Crippen LogP contribution is 2.26. The fourth-order valence-electron chi connectivity index (χ4n) is 1.59. The molecule has 1 N–H and O–H groups in total. The van der Waals surface area contributed by atoms with Crippen LogP contribution in [0.3, 0.4) is 0 Å². The molecule has 1 aromatic carbocycles. The van der Waals surface area contributed by atoms with Gasteiger partial charge in [-0.3, -0.25) is 0 Å². The van der Waals surface area contributed by atoms with E-state index in [1.54, 1.807) is 32.4 Å². The summed E-state index contributed by atoms with van der Waals surface area (Å²) < 4.78 is 16.2. The summed E-state index contributed by atoms with van der Waals surface area (Å²) in [6.07, 6.45) is 3.28. The maximum atomic E-state index is 10.6. The zero-order valence-electron chi connectivity index (χ0n) is 12.9. The minimum absolute atomic E-state index is 0.260. The highest BCUT2D eigenvalue weighted by atomic mass is 16.5. The Balaban J connectivity index is 2.83. The Kier molecular flexibility index (Phi) is 6.24. The molecule has 0 unspecified atom stereocenters. The Hall–Kier alpha value is -2.01. The molecule has 0 aromatic heterocycles. The molecule has 0 saturated heterocycles. The summed E-state index contributed by atoms with van der Waals surface area (Å²) in [4.78, 5) is 10.6. The van der Waals surface area contributed by atoms with Crippen LogP contribution in [-0.2, 0) is 9.53 Å². The van der Waals surface area contributed by atoms with Gasteiger partial charge in [-0.15, -0.1) is 0 Å². The lowest BCUT2D eigenvalue weighted by Gasteiger charge is -2.23. The van der Waals surface area contributed by atoms with Crippen molar-refractivity contribution < 1.29 is 24.1 Å². The van der Waals surface area contributed by atoms with Gasteiger partial charge in [0, 0.05) is 25.2 Å². The molecule has 0 fully saturated rings. The first kappa shape index (κ1) is 17.0. The van der Waals surface area contributed by atoms with Crippen molar-refractivity contribution in [1.29, 1.82) is 0 Å². The Morgan fingerprint density at radius 2 is 2.05 bits per heavy atom. The van der Waals surface area contributed by atoms with Crippen LogP contribution in [0.1, 0.15) is 25.8 Å². The van der Waals surface area contributed by atoms with E-state index in [9.17, 15) is 4.79 Å². The van der Waals surface area contributed by atoms with Crippen molar-refractivity contribution in [1.82, 2.24) is 0 Å². The summed E-state index contributed by atoms with van der Waals surface area (Å²) in [6.45, 7) is 4.44. The van der Waals surface area contributed by atoms with E-state index in [1.807, 2.05) is 13.8 Å². The second kappa shape index (κ2) is 7.69. The van der Waals surface area contributed by atoms with Crippen molar-refractivity contribution in [3.63, 3.8) is 0 Å². The van der Waals surface area contributed by atoms with E-state index in [1.165, 1.54) is 6.08 Å². The van der Waals surface area contributed by atoms with Gasteiger partial charge in [0.15, 0.2) is 0 Å². The average molecular weight is 294 g/mol. The first-order chi connectivity index (χ1) is 9.88. The molecule has 1 aromatic rings. The van der Waals surface area contributed by atoms with E-state index in [-0.39, 0.29) is 5.60 Å². The van der Waals surface area contributed by atoms with E-state index in [0.717, 1.165) is 12.5 Å². The van der Waals surface area contributed by atoms with Crippen LogP contribution in [0.25, 0.3) is 6.08 Å². The summed E-state index contributed by atoms with van der Waals surface area (Å²) >= 11 is 0. The standard InChI is InChI=1S/C16H22O5/c1-16(2,20-4)9-10-21-14-7-6-13(19-3)11-12(14)5-8-15(17)18/h5-8,11H,9-10H2,1-4H3,(H,17,18)/b8-5+. The maximum absolute atomic E-state index is 10.6. The van der Waals surface area contributed by atoms with Crippen molar-refractivity contribution >= 4 is 12.0 Å². The van der Waals surface area contributed by atoms with Crippen LogP contribution in [0.4, 0.5) is 0 Å². The van der Waals surface area contributed by atoms with Crippen molar-refractivity contribution in [2.45, 2.75) is 25.9 Å². The van der Waals surface area contributed by atoms with Crippen molar-refractivity contribution in [3.8, 4) is 11.5 Å². The predicted octanol–water partition coefficient (Wildman–Crippen LogP) is 2.99. The van der Waals surface area contributed by atoms with Gasteiger partial charge in [0.05, 0.1) is 19.3 Å². The summed E-state index contributed by atoms with van der Waals surface area (Å²) in [7, 11) is 3.22. The van der Waals surface area contributed by atoms with Gasteiger partial charge in [-0.05, 0) is 38.1 Å². The number of carbonyl (C=O) groups is 1. The molecule has 0 amide bonds. The Morgan fingerprint density at radius 1 is 1.33 bits per heavy atom. The van der Waals surface area contributed by atoms with Gasteiger partial charge in [-0.1, -0.05) is 0 Å². The number of hydrogen-bond acceptors (Lipinski definition) is 4. The lowest BCUT2D eigenvalue weighted by molar-refractivity contribution is -0.131. The molecule has 0 aliphatic carbocycles. The summed E-state index contributed by atoms with van der Waals surface area (Å²) in [5.41, 5.74) is 0.399. The molecular weight excluding hydrogens is 272 g/mol. The second-order valence-corrected chi connectivity index (χ2v) is 5.14. The van der Waals surface area contributed by atoms with Crippen molar-refractivity contribution in [3.05, 3.63) is 29.8 Å². The molecular formula is C16H22O5. The summed E-state index contributed by atoms with van der Waals surface area (Å²) in [5, 5.41) is 8.73. The summed E-state index contributed by atoms with van der Waals surface area (Å²) in [5.74, 6) is 0.245. The SMILES string of the molecule is COc1ccc(OCCC(C)(C)OC)c(/C=C/C(=O)O)c1. The zero-order valence-corrected chi connectivity index (χ0v) is 12.9. The lowest BCUT2D eigenvalue weighted by atomic mass is 10.1. The van der Waals surface area contributed by atoms with Gasteiger partial charge < -0.3 is 19.3 Å². The minimum Gasteiger partial charge on any atom is -0.497 e. The van der Waals surface area contributed by atoms with E-state index < -0.39 is 5.97 Å². The van der Waals surface area contributed by atoms with Gasteiger partial charge in [-0.25, -0.2) is 4.79 Å². The van der Waals surface area contributed by atoms with E-state index >= 15 is 0 Å². The highest BCUT2D eigenvalue weighted by Gasteiger charge is 2.16. The number of benzene rings is 1. The molecule has 0 aliphatic rings. The monoisotopic (exact) mass is 294 g/mol. The molecule has 0 aliphatic heterocycles. The minimum atomic E-state index is -1.01. The Bertz CT molecular complexity index is 505. The van der Waals surface area contributed by atoms with Crippen LogP contribution in [-0.4, -0.2) is 37.5 Å². The molecule has 0 spiro atoms. The van der Waals surface area contributed by atoms with Gasteiger partial charge in [0.2, 0.25) is 0 Å². The number of methoxy groups -OCH3 is 2. The molecule has 0 heterocycles. The zero-order chi connectivity index (χ0) is 15.9. The number of ether oxygens (including phenoxy) is 3. The molecule has 0 radical (unpaired) electrons. The first-order valence-electron chi connectivity index (χ1n) is 6.65. The summed E-state index contributed by atoms with van der Waals surface area (Å²) in [6, 6.07) is 5.27. The van der Waals surface area contributed by atoms with E-state index in [2.05, 4.69) is 0 Å². The maximum Gasteiger partial charge on any atom is 0.328 e. The van der Waals surface area contributed by atoms with Gasteiger partial charge >= 0.3 is 5.97 Å². The highest BCUT2D eigenvalue weighted by molar-refractivity contribution is 5.86. The Labute approximate surface area is 125 Å². The van der Waals surface area contributed by atoms with Crippen LogP contribution in [0.5, 0.6) is 11.5 Å². The second-order valence-electron chi connectivity index (χ2n) is 5.14. The normalized spacial score (nSPS) is 11.6. The third-order valence-corrected chi connectivity index (χ3v) is 3.14. The van der Waals surface area contributed by atoms with Crippen LogP contribution in [0, 0.1) is 0 Å². The fraction of sp³-hybridized carbons (Fsp3) is 0.438. The molecule has 5 nitrogen and oxygen atoms in total. The van der Waals surface area contributed by atoms with Gasteiger partial charge in [-0.2, -0.15) is 0 Å². The van der Waals surface area contributed by atoms with E-state index in [0.29, 0.717) is 23.7 Å². The average Bonchev–Trinajstić information content (AvgIpc) is 2.45. The van der Waals surface area contributed by atoms with Gasteiger partial charge in [0.25, 0.3) is 0 Å². The molecule has 0 atom stereocenters. The molecule has 1 rings (SSSR count). The predicted molar refractivity (Wildman–Crippen MR) is 80.9 cm³/mol. The molecule has 5 heteroatoms. The number of rotatable bonds is 8. The molecule has 0 saturated carbocycles. The molecule has 0 bridgehead atoms.